The Labute approximate surface area is 150 Å². The normalized spacial score (nSPS) is 11.5. The van der Waals surface area contributed by atoms with Gasteiger partial charge in [0.2, 0.25) is 0 Å². The summed E-state index contributed by atoms with van der Waals surface area (Å²) in [5.74, 6) is -1.14. The molecular weight excluding hydrogens is 334 g/mol. The molecule has 0 aliphatic carbocycles. The van der Waals surface area contributed by atoms with Crippen LogP contribution in [0.15, 0.2) is 48.7 Å². The first-order valence-electron chi connectivity index (χ1n) is 8.03. The molecule has 0 fully saturated rings. The van der Waals surface area contributed by atoms with Crippen LogP contribution in [0.2, 0.25) is 0 Å². The molecule has 0 aliphatic heterocycles. The van der Waals surface area contributed by atoms with Crippen molar-refractivity contribution in [3.05, 3.63) is 59.8 Å². The molecule has 0 saturated heterocycles. The number of aromatic nitrogens is 2. The molecule has 2 aromatic carbocycles. The number of hydrogen-bond donors (Lipinski definition) is 1. The van der Waals surface area contributed by atoms with E-state index in [-0.39, 0.29) is 0 Å². The van der Waals surface area contributed by atoms with Gasteiger partial charge in [-0.15, -0.1) is 0 Å². The number of fused-ring (bicyclic) bond motifs is 1. The van der Waals surface area contributed by atoms with Gasteiger partial charge in [0.05, 0.1) is 16.8 Å². The lowest BCUT2D eigenvalue weighted by Gasteiger charge is -2.16. The smallest absolute Gasteiger partial charge is 0.366 e. The summed E-state index contributed by atoms with van der Waals surface area (Å²) in [6.07, 6.45) is 1.76. The minimum absolute atomic E-state index is 0.321. The van der Waals surface area contributed by atoms with Crippen LogP contribution in [0, 0.1) is 0 Å². The maximum atomic E-state index is 12.2. The van der Waals surface area contributed by atoms with Gasteiger partial charge in [0.25, 0.3) is 5.91 Å². The zero-order valence-electron chi connectivity index (χ0n) is 14.7. The Morgan fingerprint density at radius 2 is 1.85 bits per heavy atom. The SMILES string of the molecule is CC(C)(C)OOC(=O)c1cccc(-n2cc3cccc(C(N)=O)c3n2)c1. The predicted octanol–water partition coefficient (Wildman–Crippen LogP) is 3.01. The average Bonchev–Trinajstić information content (AvgIpc) is 3.03. The first-order chi connectivity index (χ1) is 12.2. The number of amides is 1. The molecule has 1 amide bonds. The number of primary amides is 1. The van der Waals surface area contributed by atoms with E-state index >= 15 is 0 Å². The lowest BCUT2D eigenvalue weighted by molar-refractivity contribution is -0.301. The molecule has 0 spiro atoms. The van der Waals surface area contributed by atoms with E-state index in [0.717, 1.165) is 5.39 Å². The van der Waals surface area contributed by atoms with Gasteiger partial charge in [-0.25, -0.2) is 9.48 Å². The zero-order valence-corrected chi connectivity index (χ0v) is 14.7. The fourth-order valence-electron chi connectivity index (χ4n) is 2.36. The number of carbonyl (C=O) groups is 2. The van der Waals surface area contributed by atoms with Crippen molar-refractivity contribution < 1.29 is 19.4 Å². The van der Waals surface area contributed by atoms with Crippen molar-refractivity contribution >= 4 is 22.8 Å². The van der Waals surface area contributed by atoms with E-state index in [0.29, 0.717) is 22.3 Å². The van der Waals surface area contributed by atoms with Crippen molar-refractivity contribution in [1.29, 1.82) is 0 Å². The molecular formula is C19H19N3O4. The highest BCUT2D eigenvalue weighted by Gasteiger charge is 2.17. The second kappa shape index (κ2) is 6.61. The zero-order chi connectivity index (χ0) is 18.9. The molecule has 3 rings (SSSR count). The van der Waals surface area contributed by atoms with Gasteiger partial charge in [-0.1, -0.05) is 18.2 Å². The molecule has 0 radical (unpaired) electrons. The number of nitrogens with two attached hydrogens (primary N) is 1. The first kappa shape index (κ1) is 17.6. The van der Waals surface area contributed by atoms with E-state index in [1.807, 2.05) is 6.07 Å². The third-order valence-electron chi connectivity index (χ3n) is 3.52. The van der Waals surface area contributed by atoms with Crippen LogP contribution in [-0.2, 0) is 9.78 Å². The van der Waals surface area contributed by atoms with Gasteiger partial charge < -0.3 is 5.73 Å². The second-order valence-electron chi connectivity index (χ2n) is 6.80. The van der Waals surface area contributed by atoms with Crippen LogP contribution in [0.5, 0.6) is 0 Å². The van der Waals surface area contributed by atoms with Crippen molar-refractivity contribution in [1.82, 2.24) is 9.78 Å². The number of carbonyl (C=O) groups excluding carboxylic acids is 2. The highest BCUT2D eigenvalue weighted by Crippen LogP contribution is 2.20. The maximum Gasteiger partial charge on any atom is 0.373 e. The Morgan fingerprint density at radius 3 is 2.54 bits per heavy atom. The van der Waals surface area contributed by atoms with Crippen LogP contribution in [0.3, 0.4) is 0 Å². The van der Waals surface area contributed by atoms with E-state index in [4.69, 9.17) is 15.5 Å². The molecule has 1 heterocycles. The topological polar surface area (TPSA) is 96.4 Å². The molecule has 0 bridgehead atoms. The third-order valence-corrected chi connectivity index (χ3v) is 3.52. The second-order valence-corrected chi connectivity index (χ2v) is 6.80. The summed E-state index contributed by atoms with van der Waals surface area (Å²) in [5.41, 5.74) is 6.61. The van der Waals surface area contributed by atoms with Gasteiger partial charge in [-0.3, -0.25) is 9.68 Å². The molecule has 1 aromatic heterocycles. The van der Waals surface area contributed by atoms with Gasteiger partial charge in [0.1, 0.15) is 11.1 Å². The lowest BCUT2D eigenvalue weighted by atomic mass is 10.1. The fraction of sp³-hybridized carbons (Fsp3) is 0.211. The van der Waals surface area contributed by atoms with Crippen LogP contribution in [0.4, 0.5) is 0 Å². The van der Waals surface area contributed by atoms with Crippen molar-refractivity contribution in [3.8, 4) is 5.69 Å². The summed E-state index contributed by atoms with van der Waals surface area (Å²) in [4.78, 5) is 33.6. The highest BCUT2D eigenvalue weighted by molar-refractivity contribution is 6.04. The minimum Gasteiger partial charge on any atom is -0.366 e. The molecule has 3 aromatic rings. The van der Waals surface area contributed by atoms with Crippen molar-refractivity contribution in [2.24, 2.45) is 5.73 Å². The molecule has 7 heteroatoms. The summed E-state index contributed by atoms with van der Waals surface area (Å²) < 4.78 is 1.58. The molecule has 0 unspecified atom stereocenters. The van der Waals surface area contributed by atoms with E-state index < -0.39 is 17.5 Å². The Morgan fingerprint density at radius 1 is 1.12 bits per heavy atom. The van der Waals surface area contributed by atoms with Crippen molar-refractivity contribution in [2.45, 2.75) is 26.4 Å². The van der Waals surface area contributed by atoms with Crippen LogP contribution < -0.4 is 5.73 Å². The minimum atomic E-state index is -0.601. The Kier molecular flexibility index (Phi) is 4.48. The molecule has 0 atom stereocenters. The van der Waals surface area contributed by atoms with Gasteiger partial charge in [0, 0.05) is 11.6 Å². The van der Waals surface area contributed by atoms with E-state index in [1.54, 1.807) is 68.0 Å². The summed E-state index contributed by atoms with van der Waals surface area (Å²) in [7, 11) is 0. The van der Waals surface area contributed by atoms with Gasteiger partial charge >= 0.3 is 5.97 Å². The number of hydrogen-bond acceptors (Lipinski definition) is 5. The first-order valence-corrected chi connectivity index (χ1v) is 8.03. The largest absolute Gasteiger partial charge is 0.373 e. The quantitative estimate of drug-likeness (QED) is 0.574. The van der Waals surface area contributed by atoms with E-state index in [9.17, 15) is 9.59 Å². The molecule has 134 valence electrons. The third kappa shape index (κ3) is 3.73. The van der Waals surface area contributed by atoms with Crippen molar-refractivity contribution in [3.63, 3.8) is 0 Å². The number of nitrogens with zero attached hydrogens (tertiary/aromatic N) is 2. The summed E-state index contributed by atoms with van der Waals surface area (Å²) >= 11 is 0. The summed E-state index contributed by atoms with van der Waals surface area (Å²) in [6, 6.07) is 12.0. The predicted molar refractivity (Wildman–Crippen MR) is 95.8 cm³/mol. The lowest BCUT2D eigenvalue weighted by Crippen LogP contribution is -2.22. The van der Waals surface area contributed by atoms with Gasteiger partial charge in [-0.05, 0) is 45.0 Å². The van der Waals surface area contributed by atoms with Crippen molar-refractivity contribution in [2.75, 3.05) is 0 Å². The van der Waals surface area contributed by atoms with E-state index in [1.165, 1.54) is 0 Å². The molecule has 26 heavy (non-hydrogen) atoms. The van der Waals surface area contributed by atoms with E-state index in [2.05, 4.69) is 5.10 Å². The maximum absolute atomic E-state index is 12.2. The van der Waals surface area contributed by atoms with Gasteiger partial charge in [-0.2, -0.15) is 9.99 Å². The molecule has 2 N–H and O–H groups in total. The number of benzene rings is 2. The fourth-order valence-corrected chi connectivity index (χ4v) is 2.36. The standard InChI is InChI=1S/C19H19N3O4/c1-19(2,3)26-25-18(24)12-6-4-8-14(10-12)22-11-13-7-5-9-15(17(20)23)16(13)21-22/h4-11H,1-3H3,(H2,20,23). The van der Waals surface area contributed by atoms with Crippen LogP contribution in [0.25, 0.3) is 16.6 Å². The number of rotatable bonds is 4. The summed E-state index contributed by atoms with van der Waals surface area (Å²) in [6.45, 7) is 5.34. The van der Waals surface area contributed by atoms with Crippen LogP contribution in [0.1, 0.15) is 41.5 Å². The average molecular weight is 353 g/mol. The van der Waals surface area contributed by atoms with Crippen LogP contribution >= 0.6 is 0 Å². The highest BCUT2D eigenvalue weighted by atomic mass is 17.2. The monoisotopic (exact) mass is 353 g/mol. The van der Waals surface area contributed by atoms with Gasteiger partial charge in [0.15, 0.2) is 0 Å². The summed E-state index contributed by atoms with van der Waals surface area (Å²) in [5, 5.41) is 5.19. The molecule has 0 saturated carbocycles. The Balaban J connectivity index is 1.93. The Hall–Kier alpha value is -3.19. The molecule has 0 aliphatic rings. The molecule has 7 nitrogen and oxygen atoms in total. The van der Waals surface area contributed by atoms with Crippen LogP contribution in [-0.4, -0.2) is 27.3 Å². The Bertz CT molecular complexity index is 986.